The van der Waals surface area contributed by atoms with Crippen LogP contribution in [-0.4, -0.2) is 87.9 Å². The van der Waals surface area contributed by atoms with E-state index in [9.17, 15) is 24.3 Å². The Kier molecular flexibility index (Phi) is 16.0. The number of likely N-dealkylation sites (N-methyl/N-ethyl adjacent to an activating group) is 1. The van der Waals surface area contributed by atoms with Gasteiger partial charge in [-0.2, -0.15) is 0 Å². The molecule has 1 aromatic carbocycles. The molecule has 1 aliphatic heterocycles. The Hall–Kier alpha value is -3.31. The Bertz CT molecular complexity index is 1320. The van der Waals surface area contributed by atoms with Crippen molar-refractivity contribution < 1.29 is 24.3 Å². The molecule has 2 aromatic rings. The van der Waals surface area contributed by atoms with E-state index in [1.165, 1.54) is 11.3 Å². The van der Waals surface area contributed by atoms with Crippen molar-refractivity contribution in [3.63, 3.8) is 0 Å². The summed E-state index contributed by atoms with van der Waals surface area (Å²) in [7, 11) is 1.98. The number of piperidine rings is 1. The number of aromatic nitrogens is 1. The molecule has 3 amide bonds. The fraction of sp³-hybridized carbons (Fsp3) is 0.649. The summed E-state index contributed by atoms with van der Waals surface area (Å²) in [6.07, 6.45) is 6.58. The van der Waals surface area contributed by atoms with Gasteiger partial charge in [0, 0.05) is 36.9 Å². The first-order valence-electron chi connectivity index (χ1n) is 17.8. The Morgan fingerprint density at radius 3 is 2.42 bits per heavy atom. The number of aliphatic carboxylic acids is 1. The molecule has 266 valence electrons. The summed E-state index contributed by atoms with van der Waals surface area (Å²) < 4.78 is 0. The lowest BCUT2D eigenvalue weighted by Gasteiger charge is -2.39. The van der Waals surface area contributed by atoms with E-state index in [1.54, 1.807) is 5.38 Å². The van der Waals surface area contributed by atoms with Gasteiger partial charge in [0.2, 0.25) is 11.8 Å². The second kappa shape index (κ2) is 19.6. The minimum Gasteiger partial charge on any atom is -0.481 e. The zero-order valence-corrected chi connectivity index (χ0v) is 30.6. The summed E-state index contributed by atoms with van der Waals surface area (Å²) >= 11 is 1.42. The van der Waals surface area contributed by atoms with Gasteiger partial charge in [0.05, 0.1) is 11.0 Å². The number of hydrogen-bond donors (Lipinski definition) is 3. The minimum absolute atomic E-state index is 0.0104. The Labute approximate surface area is 291 Å². The molecule has 0 spiro atoms. The third-order valence-electron chi connectivity index (χ3n) is 9.57. The number of thiazole rings is 1. The number of carbonyl (C=O) groups excluding carboxylic acids is 3. The molecule has 0 aliphatic carbocycles. The summed E-state index contributed by atoms with van der Waals surface area (Å²) in [6.45, 7) is 11.9. The SMILES string of the molecule is CCCN(C(=O)C(NC(=O)[C@H]1CCCCN1C)[C@@H](C)CC)[C@H](CCc1nc(C(=O)N[C@H](CCC(=O)O)Cc2ccccc2)cs1)C(C)C. The number of carboxylic acid groups (broad SMARTS) is 1. The van der Waals surface area contributed by atoms with Crippen LogP contribution in [-0.2, 0) is 27.2 Å². The first kappa shape index (κ1) is 39.1. The summed E-state index contributed by atoms with van der Waals surface area (Å²) in [5, 5.41) is 18.0. The molecule has 0 radical (unpaired) electrons. The second-order valence-electron chi connectivity index (χ2n) is 13.7. The van der Waals surface area contributed by atoms with E-state index in [-0.39, 0.29) is 54.1 Å². The van der Waals surface area contributed by atoms with Gasteiger partial charge in [-0.1, -0.05) is 77.8 Å². The Morgan fingerprint density at radius 2 is 1.79 bits per heavy atom. The molecular formula is C37H57N5O5S. The highest BCUT2D eigenvalue weighted by Gasteiger charge is 2.36. The van der Waals surface area contributed by atoms with Crippen LogP contribution in [0.4, 0.5) is 0 Å². The molecule has 48 heavy (non-hydrogen) atoms. The Morgan fingerprint density at radius 1 is 1.06 bits per heavy atom. The number of nitrogens with zero attached hydrogens (tertiary/aromatic N) is 3. The van der Waals surface area contributed by atoms with Gasteiger partial charge in [0.15, 0.2) is 0 Å². The van der Waals surface area contributed by atoms with Gasteiger partial charge < -0.3 is 20.6 Å². The molecule has 10 nitrogen and oxygen atoms in total. The largest absolute Gasteiger partial charge is 0.481 e. The summed E-state index contributed by atoms with van der Waals surface area (Å²) in [4.78, 5) is 60.9. The molecule has 1 fully saturated rings. The van der Waals surface area contributed by atoms with E-state index in [0.717, 1.165) is 49.2 Å². The van der Waals surface area contributed by atoms with E-state index in [1.807, 2.05) is 49.2 Å². The molecule has 1 aliphatic rings. The van der Waals surface area contributed by atoms with Gasteiger partial charge in [-0.25, -0.2) is 4.98 Å². The fourth-order valence-corrected chi connectivity index (χ4v) is 7.32. The van der Waals surface area contributed by atoms with Crippen LogP contribution in [0.3, 0.4) is 0 Å². The number of likely N-dealkylation sites (tertiary alicyclic amines) is 1. The van der Waals surface area contributed by atoms with Crippen molar-refractivity contribution in [1.29, 1.82) is 0 Å². The summed E-state index contributed by atoms with van der Waals surface area (Å²) in [5.41, 5.74) is 1.34. The first-order valence-corrected chi connectivity index (χ1v) is 18.6. The molecule has 5 atom stereocenters. The number of carboxylic acids is 1. The van der Waals surface area contributed by atoms with E-state index >= 15 is 0 Å². The van der Waals surface area contributed by atoms with Crippen LogP contribution in [0.1, 0.15) is 107 Å². The van der Waals surface area contributed by atoms with Crippen molar-refractivity contribution in [2.45, 2.75) is 123 Å². The van der Waals surface area contributed by atoms with Crippen molar-refractivity contribution in [3.05, 3.63) is 52.0 Å². The van der Waals surface area contributed by atoms with Crippen LogP contribution in [0, 0.1) is 11.8 Å². The van der Waals surface area contributed by atoms with Gasteiger partial charge >= 0.3 is 5.97 Å². The first-order chi connectivity index (χ1) is 22.9. The van der Waals surface area contributed by atoms with Crippen LogP contribution in [0.5, 0.6) is 0 Å². The summed E-state index contributed by atoms with van der Waals surface area (Å²) in [5.74, 6) is -1.14. The van der Waals surface area contributed by atoms with Crippen LogP contribution in [0.15, 0.2) is 35.7 Å². The lowest BCUT2D eigenvalue weighted by atomic mass is 9.92. The lowest BCUT2D eigenvalue weighted by Crippen LogP contribution is -2.58. The number of benzene rings is 1. The maximum Gasteiger partial charge on any atom is 0.303 e. The predicted molar refractivity (Wildman–Crippen MR) is 191 cm³/mol. The van der Waals surface area contributed by atoms with Crippen LogP contribution < -0.4 is 10.6 Å². The summed E-state index contributed by atoms with van der Waals surface area (Å²) in [6, 6.07) is 8.50. The smallest absolute Gasteiger partial charge is 0.303 e. The molecule has 0 saturated carbocycles. The third kappa shape index (κ3) is 11.7. The number of hydrogen-bond acceptors (Lipinski definition) is 7. The molecule has 0 bridgehead atoms. The van der Waals surface area contributed by atoms with Crippen molar-refractivity contribution in [2.24, 2.45) is 11.8 Å². The van der Waals surface area contributed by atoms with Gasteiger partial charge in [0.1, 0.15) is 11.7 Å². The Balaban J connectivity index is 1.70. The molecular weight excluding hydrogens is 627 g/mol. The topological polar surface area (TPSA) is 132 Å². The van der Waals surface area contributed by atoms with Crippen molar-refractivity contribution in [2.75, 3.05) is 20.1 Å². The highest BCUT2D eigenvalue weighted by molar-refractivity contribution is 7.09. The molecule has 1 unspecified atom stereocenters. The molecule has 11 heteroatoms. The van der Waals surface area contributed by atoms with Crippen molar-refractivity contribution in [3.8, 4) is 0 Å². The number of aryl methyl sites for hydroxylation is 1. The normalized spacial score (nSPS) is 17.7. The van der Waals surface area contributed by atoms with E-state index in [2.05, 4.69) is 48.2 Å². The fourth-order valence-electron chi connectivity index (χ4n) is 6.53. The molecule has 3 rings (SSSR count). The van der Waals surface area contributed by atoms with Gasteiger partial charge in [-0.15, -0.1) is 11.3 Å². The van der Waals surface area contributed by atoms with Gasteiger partial charge in [-0.05, 0) is 69.5 Å². The second-order valence-corrected chi connectivity index (χ2v) is 14.6. The number of carbonyl (C=O) groups is 4. The average molecular weight is 684 g/mol. The van der Waals surface area contributed by atoms with E-state index < -0.39 is 12.0 Å². The zero-order valence-electron chi connectivity index (χ0n) is 29.7. The predicted octanol–water partition coefficient (Wildman–Crippen LogP) is 5.56. The minimum atomic E-state index is -0.900. The molecule has 3 N–H and O–H groups in total. The van der Waals surface area contributed by atoms with Crippen LogP contribution in [0.2, 0.25) is 0 Å². The van der Waals surface area contributed by atoms with Crippen molar-refractivity contribution in [1.82, 2.24) is 25.4 Å². The zero-order chi connectivity index (χ0) is 35.2. The monoisotopic (exact) mass is 683 g/mol. The van der Waals surface area contributed by atoms with Crippen LogP contribution >= 0.6 is 11.3 Å². The van der Waals surface area contributed by atoms with E-state index in [0.29, 0.717) is 37.9 Å². The highest BCUT2D eigenvalue weighted by Crippen LogP contribution is 2.24. The standard InChI is InChI=1S/C37H57N5O5S/c1-7-21-42(37(47)34(26(5)8-2)40-36(46)31-16-12-13-22-41(31)6)30(25(3)4)18-19-32-39-29(24-48-32)35(45)38-28(17-20-33(43)44)23-27-14-10-9-11-15-27/h9-11,14-15,24-26,28,30-31,34H,7-8,12-13,16-23H2,1-6H3,(H,38,45)(H,40,46)(H,43,44)/t26-,28+,30+,31+,34?/m0/s1. The molecule has 1 aromatic heterocycles. The quantitative estimate of drug-likeness (QED) is 0.177. The number of rotatable bonds is 19. The molecule has 1 saturated heterocycles. The maximum absolute atomic E-state index is 14.3. The number of amides is 3. The van der Waals surface area contributed by atoms with E-state index in [4.69, 9.17) is 0 Å². The maximum atomic E-state index is 14.3. The van der Waals surface area contributed by atoms with Crippen molar-refractivity contribution >= 4 is 35.0 Å². The van der Waals surface area contributed by atoms with Gasteiger partial charge in [-0.3, -0.25) is 24.1 Å². The van der Waals surface area contributed by atoms with Crippen LogP contribution in [0.25, 0.3) is 0 Å². The molecule has 2 heterocycles. The number of nitrogens with one attached hydrogen (secondary N) is 2. The third-order valence-corrected chi connectivity index (χ3v) is 10.5. The average Bonchev–Trinajstić information content (AvgIpc) is 3.54. The lowest BCUT2D eigenvalue weighted by molar-refractivity contribution is -0.142. The highest BCUT2D eigenvalue weighted by atomic mass is 32.1. The van der Waals surface area contributed by atoms with Gasteiger partial charge in [0.25, 0.3) is 5.91 Å².